The normalized spacial score (nSPS) is 18.8. The van der Waals surface area contributed by atoms with E-state index in [1.54, 1.807) is 0 Å². The zero-order valence-corrected chi connectivity index (χ0v) is 21.9. The van der Waals surface area contributed by atoms with Gasteiger partial charge in [0, 0.05) is 58.3 Å². The smallest absolute Gasteiger partial charge is 0.251 e. The molecule has 2 saturated heterocycles. The summed E-state index contributed by atoms with van der Waals surface area (Å²) in [6, 6.07) is 8.57. The predicted molar refractivity (Wildman–Crippen MR) is 140 cm³/mol. The van der Waals surface area contributed by atoms with Gasteiger partial charge in [0.2, 0.25) is 0 Å². The molecule has 2 fully saturated rings. The van der Waals surface area contributed by atoms with Crippen molar-refractivity contribution in [1.29, 1.82) is 0 Å². The summed E-state index contributed by atoms with van der Waals surface area (Å²) in [4.78, 5) is 26.0. The first-order chi connectivity index (χ1) is 15.6. The number of benzene rings is 1. The zero-order valence-electron chi connectivity index (χ0n) is 19.6. The van der Waals surface area contributed by atoms with Gasteiger partial charge in [-0.15, -0.1) is 24.0 Å². The first-order valence-electron chi connectivity index (χ1n) is 11.6. The third-order valence-electron chi connectivity index (χ3n) is 6.11. The highest BCUT2D eigenvalue weighted by Crippen LogP contribution is 2.16. The van der Waals surface area contributed by atoms with Crippen LogP contribution in [0.5, 0.6) is 0 Å². The number of hydrogen-bond donors (Lipinski definition) is 1. The molecule has 2 aliphatic rings. The SMILES string of the molecule is CCNC(=NCc1cccc(Cn2ccnc2C)c1)N1CCN(C(=O)C2CCCO2)CC1.I. The summed E-state index contributed by atoms with van der Waals surface area (Å²) in [5, 5.41) is 3.42. The molecule has 0 bridgehead atoms. The highest BCUT2D eigenvalue weighted by atomic mass is 127. The molecule has 1 unspecified atom stereocenters. The molecule has 9 heteroatoms. The summed E-state index contributed by atoms with van der Waals surface area (Å²) in [6.45, 7) is 10.0. The van der Waals surface area contributed by atoms with E-state index in [2.05, 4.69) is 51.0 Å². The van der Waals surface area contributed by atoms with Crippen LogP contribution >= 0.6 is 24.0 Å². The maximum absolute atomic E-state index is 12.6. The molecule has 0 spiro atoms. The van der Waals surface area contributed by atoms with Crippen LogP contribution in [0.1, 0.15) is 36.7 Å². The van der Waals surface area contributed by atoms with Crippen LogP contribution < -0.4 is 5.32 Å². The molecule has 2 aromatic rings. The van der Waals surface area contributed by atoms with E-state index in [-0.39, 0.29) is 36.0 Å². The Bertz CT molecular complexity index is 933. The van der Waals surface area contributed by atoms with Crippen LogP contribution in [-0.4, -0.2) is 76.7 Å². The maximum atomic E-state index is 12.6. The third kappa shape index (κ3) is 6.69. The number of aliphatic imine (C=N–C) groups is 1. The molecule has 1 N–H and O–H groups in total. The molecule has 2 aliphatic heterocycles. The minimum atomic E-state index is -0.234. The van der Waals surface area contributed by atoms with Crippen LogP contribution in [-0.2, 0) is 22.6 Å². The van der Waals surface area contributed by atoms with Crippen molar-refractivity contribution >= 4 is 35.8 Å². The van der Waals surface area contributed by atoms with Crippen LogP contribution in [0.3, 0.4) is 0 Å². The molecule has 1 amide bonds. The number of nitrogens with one attached hydrogen (secondary N) is 1. The van der Waals surface area contributed by atoms with E-state index in [1.807, 2.05) is 24.2 Å². The fraction of sp³-hybridized carbons (Fsp3) is 0.542. The first-order valence-corrected chi connectivity index (χ1v) is 11.6. The lowest BCUT2D eigenvalue weighted by Gasteiger charge is -2.37. The quantitative estimate of drug-likeness (QED) is 0.331. The number of guanidine groups is 1. The number of carbonyl (C=O) groups is 1. The summed E-state index contributed by atoms with van der Waals surface area (Å²) < 4.78 is 7.71. The lowest BCUT2D eigenvalue weighted by Crippen LogP contribution is -2.55. The van der Waals surface area contributed by atoms with Gasteiger partial charge in [0.25, 0.3) is 5.91 Å². The number of piperazine rings is 1. The Morgan fingerprint density at radius 1 is 1.21 bits per heavy atom. The monoisotopic (exact) mass is 566 g/mol. The molecule has 1 aromatic heterocycles. The van der Waals surface area contributed by atoms with Crippen LogP contribution in [0, 0.1) is 6.92 Å². The van der Waals surface area contributed by atoms with Crippen LogP contribution in [0.4, 0.5) is 0 Å². The summed E-state index contributed by atoms with van der Waals surface area (Å²) in [5.74, 6) is 2.07. The number of amides is 1. The fourth-order valence-corrected chi connectivity index (χ4v) is 4.30. The molecule has 1 aromatic carbocycles. The number of aromatic nitrogens is 2. The molecule has 1 atom stereocenters. The van der Waals surface area contributed by atoms with E-state index in [9.17, 15) is 4.79 Å². The van der Waals surface area contributed by atoms with Crippen molar-refractivity contribution in [3.05, 3.63) is 53.6 Å². The van der Waals surface area contributed by atoms with Gasteiger partial charge >= 0.3 is 0 Å². The number of rotatable bonds is 6. The molecular weight excluding hydrogens is 531 g/mol. The summed E-state index contributed by atoms with van der Waals surface area (Å²) in [5.41, 5.74) is 2.42. The van der Waals surface area contributed by atoms with Gasteiger partial charge in [0.05, 0.1) is 6.54 Å². The van der Waals surface area contributed by atoms with Gasteiger partial charge < -0.3 is 24.4 Å². The molecule has 33 heavy (non-hydrogen) atoms. The number of aryl methyl sites for hydroxylation is 1. The van der Waals surface area contributed by atoms with Crippen molar-refractivity contribution in [1.82, 2.24) is 24.7 Å². The Morgan fingerprint density at radius 2 is 1.97 bits per heavy atom. The van der Waals surface area contributed by atoms with Crippen molar-refractivity contribution < 1.29 is 9.53 Å². The van der Waals surface area contributed by atoms with Gasteiger partial charge in [-0.05, 0) is 37.8 Å². The number of ether oxygens (including phenoxy) is 1. The lowest BCUT2D eigenvalue weighted by atomic mass is 10.1. The summed E-state index contributed by atoms with van der Waals surface area (Å²) in [7, 11) is 0. The van der Waals surface area contributed by atoms with Gasteiger partial charge in [0.15, 0.2) is 5.96 Å². The van der Waals surface area contributed by atoms with Gasteiger partial charge in [-0.25, -0.2) is 9.98 Å². The summed E-state index contributed by atoms with van der Waals surface area (Å²) in [6.07, 6.45) is 5.44. The number of carbonyl (C=O) groups excluding carboxylic acids is 1. The Kier molecular flexibility index (Phi) is 9.54. The van der Waals surface area contributed by atoms with E-state index < -0.39 is 0 Å². The van der Waals surface area contributed by atoms with E-state index in [4.69, 9.17) is 9.73 Å². The molecule has 4 rings (SSSR count). The Hall–Kier alpha value is -2.14. The van der Waals surface area contributed by atoms with Gasteiger partial charge in [-0.1, -0.05) is 24.3 Å². The van der Waals surface area contributed by atoms with Crippen LogP contribution in [0.25, 0.3) is 0 Å². The molecule has 180 valence electrons. The average molecular weight is 566 g/mol. The van der Waals surface area contributed by atoms with Crippen molar-refractivity contribution in [3.63, 3.8) is 0 Å². The second-order valence-electron chi connectivity index (χ2n) is 8.41. The van der Waals surface area contributed by atoms with Gasteiger partial charge in [0.1, 0.15) is 11.9 Å². The summed E-state index contributed by atoms with van der Waals surface area (Å²) >= 11 is 0. The van der Waals surface area contributed by atoms with Crippen LogP contribution in [0.15, 0.2) is 41.7 Å². The van der Waals surface area contributed by atoms with Gasteiger partial charge in [-0.3, -0.25) is 4.79 Å². The topological polar surface area (TPSA) is 75.0 Å². The van der Waals surface area contributed by atoms with Gasteiger partial charge in [-0.2, -0.15) is 0 Å². The number of imidazole rings is 1. The lowest BCUT2D eigenvalue weighted by molar-refractivity contribution is -0.142. The van der Waals surface area contributed by atoms with E-state index in [1.165, 1.54) is 11.1 Å². The molecular formula is C24H35IN6O2. The number of hydrogen-bond acceptors (Lipinski definition) is 4. The van der Waals surface area contributed by atoms with Crippen molar-refractivity contribution in [2.45, 2.75) is 45.9 Å². The standard InChI is InChI=1S/C24H34N6O2.HI/c1-3-25-24(29-13-11-28(12-14-29)23(31)22-8-5-15-32-22)27-17-20-6-4-7-21(16-20)18-30-10-9-26-19(30)2;/h4,6-7,9-10,16,22H,3,5,8,11-15,17-18H2,1-2H3,(H,25,27);1H. The second kappa shape index (κ2) is 12.4. The zero-order chi connectivity index (χ0) is 22.3. The number of halogens is 1. The third-order valence-corrected chi connectivity index (χ3v) is 6.11. The minimum Gasteiger partial charge on any atom is -0.368 e. The Balaban J connectivity index is 0.00000306. The van der Waals surface area contributed by atoms with Crippen molar-refractivity contribution in [2.24, 2.45) is 4.99 Å². The Labute approximate surface area is 213 Å². The van der Waals surface area contributed by atoms with E-state index in [0.717, 1.165) is 50.8 Å². The van der Waals surface area contributed by atoms with E-state index >= 15 is 0 Å². The second-order valence-corrected chi connectivity index (χ2v) is 8.41. The average Bonchev–Trinajstić information content (AvgIpc) is 3.49. The molecule has 0 aliphatic carbocycles. The maximum Gasteiger partial charge on any atom is 0.251 e. The highest BCUT2D eigenvalue weighted by molar-refractivity contribution is 14.0. The van der Waals surface area contributed by atoms with Crippen molar-refractivity contribution in [2.75, 3.05) is 39.3 Å². The molecule has 8 nitrogen and oxygen atoms in total. The highest BCUT2D eigenvalue weighted by Gasteiger charge is 2.30. The largest absolute Gasteiger partial charge is 0.368 e. The number of nitrogens with zero attached hydrogens (tertiary/aromatic N) is 5. The minimum absolute atomic E-state index is 0. The predicted octanol–water partition coefficient (Wildman–Crippen LogP) is 2.65. The fourth-order valence-electron chi connectivity index (χ4n) is 4.30. The Morgan fingerprint density at radius 3 is 2.64 bits per heavy atom. The van der Waals surface area contributed by atoms with Crippen LogP contribution in [0.2, 0.25) is 0 Å². The molecule has 0 radical (unpaired) electrons. The molecule has 0 saturated carbocycles. The van der Waals surface area contributed by atoms with E-state index in [0.29, 0.717) is 26.2 Å². The van der Waals surface area contributed by atoms with Crippen molar-refractivity contribution in [3.8, 4) is 0 Å². The molecule has 3 heterocycles. The first kappa shape index (κ1) is 25.5.